The fourth-order valence-corrected chi connectivity index (χ4v) is 1.80. The van der Waals surface area contributed by atoms with Gasteiger partial charge in [-0.15, -0.1) is 0 Å². The first-order valence-corrected chi connectivity index (χ1v) is 5.67. The number of hydrogen-bond donors (Lipinski definition) is 2. The van der Waals surface area contributed by atoms with Crippen LogP contribution in [0.15, 0.2) is 18.2 Å². The third-order valence-electron chi connectivity index (χ3n) is 2.69. The molecule has 4 heteroatoms. The van der Waals surface area contributed by atoms with Gasteiger partial charge in [0, 0.05) is 0 Å². The number of phenolic OH excluding ortho intramolecular Hbond substituents is 2. The van der Waals surface area contributed by atoms with Crippen molar-refractivity contribution in [2.24, 2.45) is 5.92 Å². The summed E-state index contributed by atoms with van der Waals surface area (Å²) in [5.74, 6) is -0.755. The van der Waals surface area contributed by atoms with E-state index >= 15 is 0 Å². The molecule has 0 aromatic heterocycles. The van der Waals surface area contributed by atoms with Gasteiger partial charge in [0.1, 0.15) is 0 Å². The van der Waals surface area contributed by atoms with Crippen LogP contribution in [0.1, 0.15) is 25.3 Å². The van der Waals surface area contributed by atoms with E-state index in [1.54, 1.807) is 6.07 Å². The molecule has 0 saturated carbocycles. The third kappa shape index (κ3) is 3.66. The summed E-state index contributed by atoms with van der Waals surface area (Å²) in [5, 5.41) is 18.6. The van der Waals surface area contributed by atoms with Crippen molar-refractivity contribution >= 4 is 5.97 Å². The lowest BCUT2D eigenvalue weighted by Gasteiger charge is -2.13. The minimum absolute atomic E-state index is 0.154. The summed E-state index contributed by atoms with van der Waals surface area (Å²) in [6.45, 7) is 2.00. The van der Waals surface area contributed by atoms with Crippen molar-refractivity contribution in [1.82, 2.24) is 0 Å². The number of methoxy groups -OCH3 is 1. The van der Waals surface area contributed by atoms with Gasteiger partial charge in [0.15, 0.2) is 11.5 Å². The van der Waals surface area contributed by atoms with Gasteiger partial charge in [-0.1, -0.05) is 19.4 Å². The Morgan fingerprint density at radius 3 is 2.59 bits per heavy atom. The maximum Gasteiger partial charge on any atom is 0.308 e. The van der Waals surface area contributed by atoms with E-state index < -0.39 is 0 Å². The lowest BCUT2D eigenvalue weighted by atomic mass is 9.95. The minimum atomic E-state index is -0.237. The third-order valence-corrected chi connectivity index (χ3v) is 2.69. The van der Waals surface area contributed by atoms with Crippen LogP contribution in [-0.2, 0) is 16.0 Å². The maximum absolute atomic E-state index is 11.5. The number of aromatic hydroxyl groups is 2. The van der Waals surface area contributed by atoms with Gasteiger partial charge >= 0.3 is 5.97 Å². The molecule has 17 heavy (non-hydrogen) atoms. The smallest absolute Gasteiger partial charge is 0.308 e. The van der Waals surface area contributed by atoms with Gasteiger partial charge in [0.2, 0.25) is 0 Å². The average Bonchev–Trinajstić information content (AvgIpc) is 2.32. The Bertz CT molecular complexity index is 387. The Hall–Kier alpha value is -1.71. The van der Waals surface area contributed by atoms with Gasteiger partial charge in [0.05, 0.1) is 13.0 Å². The summed E-state index contributed by atoms with van der Waals surface area (Å²) in [7, 11) is 1.37. The van der Waals surface area contributed by atoms with Crippen molar-refractivity contribution in [3.05, 3.63) is 23.8 Å². The quantitative estimate of drug-likeness (QED) is 0.609. The monoisotopic (exact) mass is 238 g/mol. The average molecular weight is 238 g/mol. The van der Waals surface area contributed by atoms with E-state index in [1.807, 2.05) is 6.92 Å². The zero-order valence-electron chi connectivity index (χ0n) is 10.1. The number of esters is 1. The Kier molecular flexibility index (Phi) is 4.82. The molecule has 1 rings (SSSR count). The van der Waals surface area contributed by atoms with Crippen molar-refractivity contribution < 1.29 is 19.7 Å². The molecule has 94 valence electrons. The molecule has 0 bridgehead atoms. The standard InChI is InChI=1S/C13H18O4/c1-3-4-10(13(16)17-2)7-9-5-6-11(14)12(15)8-9/h5-6,8,10,14-15H,3-4,7H2,1-2H3/t10-/m0/s1. The van der Waals surface area contributed by atoms with Crippen LogP contribution >= 0.6 is 0 Å². The van der Waals surface area contributed by atoms with Gasteiger partial charge in [0.25, 0.3) is 0 Å². The second kappa shape index (κ2) is 6.13. The van der Waals surface area contributed by atoms with Crippen LogP contribution in [0.4, 0.5) is 0 Å². The molecule has 0 saturated heterocycles. The van der Waals surface area contributed by atoms with Crippen molar-refractivity contribution in [3.63, 3.8) is 0 Å². The van der Waals surface area contributed by atoms with Gasteiger partial charge in [-0.2, -0.15) is 0 Å². The summed E-state index contributed by atoms with van der Waals surface area (Å²) in [6.07, 6.45) is 2.15. The number of benzene rings is 1. The minimum Gasteiger partial charge on any atom is -0.504 e. The summed E-state index contributed by atoms with van der Waals surface area (Å²) < 4.78 is 4.74. The van der Waals surface area contributed by atoms with Crippen LogP contribution in [0.25, 0.3) is 0 Å². The van der Waals surface area contributed by atoms with E-state index in [0.717, 1.165) is 18.4 Å². The first-order chi connectivity index (χ1) is 8.08. The second-order valence-electron chi connectivity index (χ2n) is 4.04. The van der Waals surface area contributed by atoms with E-state index in [-0.39, 0.29) is 23.4 Å². The molecule has 1 atom stereocenters. The molecule has 0 fully saturated rings. The Balaban J connectivity index is 2.78. The zero-order valence-corrected chi connectivity index (χ0v) is 10.1. The van der Waals surface area contributed by atoms with Crippen molar-refractivity contribution in [3.8, 4) is 11.5 Å². The van der Waals surface area contributed by atoms with Gasteiger partial charge < -0.3 is 14.9 Å². The van der Waals surface area contributed by atoms with Gasteiger partial charge in [-0.25, -0.2) is 0 Å². The molecule has 0 radical (unpaired) electrons. The molecule has 4 nitrogen and oxygen atoms in total. The number of hydrogen-bond acceptors (Lipinski definition) is 4. The maximum atomic E-state index is 11.5. The molecular weight excluding hydrogens is 220 g/mol. The van der Waals surface area contributed by atoms with Crippen LogP contribution in [0.3, 0.4) is 0 Å². The Labute approximate surface area is 101 Å². The fraction of sp³-hybridized carbons (Fsp3) is 0.462. The molecule has 1 aromatic rings. The predicted molar refractivity (Wildman–Crippen MR) is 63.9 cm³/mol. The molecular formula is C13H18O4. The number of carbonyl (C=O) groups is 1. The molecule has 0 heterocycles. The molecule has 0 aliphatic rings. The van der Waals surface area contributed by atoms with Crippen LogP contribution in [-0.4, -0.2) is 23.3 Å². The molecule has 0 amide bonds. The lowest BCUT2D eigenvalue weighted by molar-refractivity contribution is -0.145. The number of carbonyl (C=O) groups excluding carboxylic acids is 1. The summed E-state index contributed by atoms with van der Waals surface area (Å²) in [4.78, 5) is 11.5. The van der Waals surface area contributed by atoms with Crippen molar-refractivity contribution in [2.45, 2.75) is 26.2 Å². The molecule has 2 N–H and O–H groups in total. The van der Waals surface area contributed by atoms with Crippen molar-refractivity contribution in [1.29, 1.82) is 0 Å². The largest absolute Gasteiger partial charge is 0.504 e. The first kappa shape index (κ1) is 13.4. The second-order valence-corrected chi connectivity index (χ2v) is 4.04. The number of phenols is 2. The predicted octanol–water partition coefficient (Wildman–Crippen LogP) is 2.23. The van der Waals surface area contributed by atoms with E-state index in [4.69, 9.17) is 4.74 Å². The van der Waals surface area contributed by atoms with E-state index in [9.17, 15) is 15.0 Å². The zero-order chi connectivity index (χ0) is 12.8. The number of ether oxygens (including phenoxy) is 1. The number of rotatable bonds is 5. The summed E-state index contributed by atoms with van der Waals surface area (Å²) in [6, 6.07) is 4.59. The molecule has 0 aliphatic carbocycles. The fourth-order valence-electron chi connectivity index (χ4n) is 1.80. The van der Waals surface area contributed by atoms with Crippen LogP contribution in [0, 0.1) is 5.92 Å². The molecule has 0 unspecified atom stereocenters. The SMILES string of the molecule is CCC[C@@H](Cc1ccc(O)c(O)c1)C(=O)OC. The first-order valence-electron chi connectivity index (χ1n) is 5.67. The Morgan fingerprint density at radius 1 is 1.35 bits per heavy atom. The Morgan fingerprint density at radius 2 is 2.06 bits per heavy atom. The molecule has 1 aromatic carbocycles. The highest BCUT2D eigenvalue weighted by molar-refractivity contribution is 5.72. The van der Waals surface area contributed by atoms with Gasteiger partial charge in [-0.05, 0) is 30.5 Å². The topological polar surface area (TPSA) is 66.8 Å². The van der Waals surface area contributed by atoms with Gasteiger partial charge in [-0.3, -0.25) is 4.79 Å². The molecule has 0 spiro atoms. The van der Waals surface area contributed by atoms with E-state index in [1.165, 1.54) is 19.2 Å². The summed E-state index contributed by atoms with van der Waals surface area (Å²) >= 11 is 0. The molecule has 0 aliphatic heterocycles. The summed E-state index contributed by atoms with van der Waals surface area (Å²) in [5.41, 5.74) is 0.809. The highest BCUT2D eigenvalue weighted by Crippen LogP contribution is 2.27. The van der Waals surface area contributed by atoms with E-state index in [2.05, 4.69) is 0 Å². The normalized spacial score (nSPS) is 12.1. The van der Waals surface area contributed by atoms with Crippen LogP contribution in [0.2, 0.25) is 0 Å². The highest BCUT2D eigenvalue weighted by Gasteiger charge is 2.19. The van der Waals surface area contributed by atoms with Crippen LogP contribution < -0.4 is 0 Å². The van der Waals surface area contributed by atoms with E-state index in [0.29, 0.717) is 6.42 Å². The highest BCUT2D eigenvalue weighted by atomic mass is 16.5. The van der Waals surface area contributed by atoms with Crippen molar-refractivity contribution in [2.75, 3.05) is 7.11 Å². The van der Waals surface area contributed by atoms with Crippen LogP contribution in [0.5, 0.6) is 11.5 Å². The lowest BCUT2D eigenvalue weighted by Crippen LogP contribution is -2.18.